The summed E-state index contributed by atoms with van der Waals surface area (Å²) in [5.41, 5.74) is -0.667. The lowest BCUT2D eigenvalue weighted by Gasteiger charge is -2.35. The molecular formula is C12H23NO3. The first kappa shape index (κ1) is 13.6. The van der Waals surface area contributed by atoms with Crippen molar-refractivity contribution in [2.75, 3.05) is 33.4 Å². The third kappa shape index (κ3) is 4.60. The number of rotatable bonds is 6. The second-order valence-corrected chi connectivity index (χ2v) is 4.80. The number of nitrogens with zero attached hydrogens (tertiary/aromatic N) is 1. The van der Waals surface area contributed by atoms with E-state index < -0.39 is 5.60 Å². The van der Waals surface area contributed by atoms with E-state index in [1.165, 1.54) is 0 Å². The molecule has 0 amide bonds. The van der Waals surface area contributed by atoms with Gasteiger partial charge in [0.25, 0.3) is 0 Å². The molecule has 16 heavy (non-hydrogen) atoms. The van der Waals surface area contributed by atoms with Crippen molar-refractivity contribution in [2.24, 2.45) is 0 Å². The number of ketones is 1. The van der Waals surface area contributed by atoms with Crippen molar-refractivity contribution in [3.63, 3.8) is 0 Å². The van der Waals surface area contributed by atoms with E-state index in [-0.39, 0.29) is 5.78 Å². The number of Topliss-reactive ketones (excluding diaryl/α,β-unsaturated/α-hetero) is 1. The number of ether oxygens (including phenoxy) is 1. The van der Waals surface area contributed by atoms with Crippen molar-refractivity contribution in [1.29, 1.82) is 0 Å². The molecule has 0 atom stereocenters. The van der Waals surface area contributed by atoms with E-state index >= 15 is 0 Å². The van der Waals surface area contributed by atoms with Gasteiger partial charge < -0.3 is 9.84 Å². The molecule has 0 saturated carbocycles. The molecule has 1 N–H and O–H groups in total. The Morgan fingerprint density at radius 3 is 2.62 bits per heavy atom. The van der Waals surface area contributed by atoms with Gasteiger partial charge in [-0.3, -0.25) is 9.69 Å². The molecule has 0 aromatic carbocycles. The zero-order valence-corrected chi connectivity index (χ0v) is 10.4. The van der Waals surface area contributed by atoms with Crippen LogP contribution < -0.4 is 0 Å². The fourth-order valence-electron chi connectivity index (χ4n) is 2.13. The summed E-state index contributed by atoms with van der Waals surface area (Å²) in [4.78, 5) is 13.4. The maximum Gasteiger partial charge on any atom is 0.146 e. The smallest absolute Gasteiger partial charge is 0.146 e. The minimum absolute atomic E-state index is 0.251. The van der Waals surface area contributed by atoms with Crippen molar-refractivity contribution >= 4 is 5.78 Å². The molecule has 4 heteroatoms. The van der Waals surface area contributed by atoms with Gasteiger partial charge in [0, 0.05) is 39.0 Å². The van der Waals surface area contributed by atoms with Crippen LogP contribution in [-0.4, -0.2) is 54.7 Å². The Balaban J connectivity index is 2.31. The Bertz CT molecular complexity index is 224. The molecule has 0 radical (unpaired) electrons. The summed E-state index contributed by atoms with van der Waals surface area (Å²) in [7, 11) is 1.89. The van der Waals surface area contributed by atoms with Crippen molar-refractivity contribution in [2.45, 2.75) is 38.2 Å². The van der Waals surface area contributed by atoms with Crippen LogP contribution in [0.1, 0.15) is 32.6 Å². The molecule has 0 aliphatic carbocycles. The number of hydrogen-bond donors (Lipinski definition) is 1. The number of carbonyl (C=O) groups excluding carboxylic acids is 1. The molecule has 0 bridgehead atoms. The summed E-state index contributed by atoms with van der Waals surface area (Å²) >= 11 is 0. The monoisotopic (exact) mass is 229 g/mol. The van der Waals surface area contributed by atoms with Gasteiger partial charge in [-0.05, 0) is 13.5 Å². The predicted octanol–water partition coefficient (Wildman–Crippen LogP) is 0.829. The minimum atomic E-state index is -0.667. The molecule has 1 aliphatic heterocycles. The fourth-order valence-corrected chi connectivity index (χ4v) is 2.13. The molecule has 0 aromatic heterocycles. The summed E-state index contributed by atoms with van der Waals surface area (Å²) in [5.74, 6) is 0.251. The van der Waals surface area contributed by atoms with E-state index in [9.17, 15) is 9.90 Å². The average Bonchev–Trinajstić information content (AvgIpc) is 2.17. The predicted molar refractivity (Wildman–Crippen MR) is 62.4 cm³/mol. The van der Waals surface area contributed by atoms with E-state index in [0.717, 1.165) is 6.42 Å². The van der Waals surface area contributed by atoms with Crippen LogP contribution in [-0.2, 0) is 9.53 Å². The van der Waals surface area contributed by atoms with Crippen molar-refractivity contribution in [1.82, 2.24) is 4.90 Å². The molecule has 94 valence electrons. The number of carbonyl (C=O) groups is 1. The second kappa shape index (κ2) is 6.33. The molecule has 1 aliphatic rings. The van der Waals surface area contributed by atoms with Crippen LogP contribution in [0.25, 0.3) is 0 Å². The highest BCUT2D eigenvalue weighted by Crippen LogP contribution is 2.21. The van der Waals surface area contributed by atoms with Crippen molar-refractivity contribution < 1.29 is 14.6 Å². The molecule has 1 saturated heterocycles. The van der Waals surface area contributed by atoms with Gasteiger partial charge in [0.2, 0.25) is 0 Å². The highest BCUT2D eigenvalue weighted by Gasteiger charge is 2.31. The lowest BCUT2D eigenvalue weighted by atomic mass is 9.94. The molecule has 1 heterocycles. The average molecular weight is 229 g/mol. The first-order chi connectivity index (χ1) is 7.56. The zero-order valence-electron chi connectivity index (χ0n) is 10.4. The molecule has 0 unspecified atom stereocenters. The summed E-state index contributed by atoms with van der Waals surface area (Å²) < 4.78 is 5.22. The number of hydrogen-bond acceptors (Lipinski definition) is 4. The van der Waals surface area contributed by atoms with Gasteiger partial charge >= 0.3 is 0 Å². The number of likely N-dealkylation sites (N-methyl/N-ethyl adjacent to an activating group) is 1. The fraction of sp³-hybridized carbons (Fsp3) is 0.917. The van der Waals surface area contributed by atoms with Gasteiger partial charge in [0.1, 0.15) is 5.78 Å². The van der Waals surface area contributed by atoms with Gasteiger partial charge in [-0.2, -0.15) is 0 Å². The third-order valence-electron chi connectivity index (χ3n) is 2.96. The molecule has 0 aromatic rings. The first-order valence-electron chi connectivity index (χ1n) is 6.06. The Morgan fingerprint density at radius 2 is 2.06 bits per heavy atom. The topological polar surface area (TPSA) is 49.8 Å². The molecule has 4 nitrogen and oxygen atoms in total. The van der Waals surface area contributed by atoms with E-state index in [4.69, 9.17) is 4.74 Å². The Kier molecular flexibility index (Phi) is 5.38. The SMILES string of the molecule is CCCC(=O)CN(C)CC1(O)CCOCC1. The lowest BCUT2D eigenvalue weighted by Crippen LogP contribution is -2.46. The van der Waals surface area contributed by atoms with E-state index in [2.05, 4.69) is 0 Å². The van der Waals surface area contributed by atoms with Crippen LogP contribution in [0.5, 0.6) is 0 Å². The highest BCUT2D eigenvalue weighted by molar-refractivity contribution is 5.80. The molecule has 1 fully saturated rings. The van der Waals surface area contributed by atoms with Crippen LogP contribution in [0.2, 0.25) is 0 Å². The Hall–Kier alpha value is -0.450. The van der Waals surface area contributed by atoms with Gasteiger partial charge in [0.15, 0.2) is 0 Å². The Labute approximate surface area is 97.6 Å². The van der Waals surface area contributed by atoms with E-state index in [0.29, 0.717) is 45.6 Å². The van der Waals surface area contributed by atoms with Gasteiger partial charge in [-0.25, -0.2) is 0 Å². The quantitative estimate of drug-likeness (QED) is 0.733. The third-order valence-corrected chi connectivity index (χ3v) is 2.96. The largest absolute Gasteiger partial charge is 0.388 e. The molecule has 1 rings (SSSR count). The highest BCUT2D eigenvalue weighted by atomic mass is 16.5. The maximum absolute atomic E-state index is 11.5. The second-order valence-electron chi connectivity index (χ2n) is 4.80. The van der Waals surface area contributed by atoms with Crippen LogP contribution in [0.15, 0.2) is 0 Å². The van der Waals surface area contributed by atoms with Gasteiger partial charge in [-0.15, -0.1) is 0 Å². The summed E-state index contributed by atoms with van der Waals surface area (Å²) in [6.07, 6.45) is 2.86. The summed E-state index contributed by atoms with van der Waals surface area (Å²) in [6.45, 7) is 4.24. The minimum Gasteiger partial charge on any atom is -0.388 e. The maximum atomic E-state index is 11.5. The van der Waals surface area contributed by atoms with Crippen LogP contribution in [0.4, 0.5) is 0 Å². The van der Waals surface area contributed by atoms with Crippen molar-refractivity contribution in [3.05, 3.63) is 0 Å². The van der Waals surface area contributed by atoms with E-state index in [1.807, 2.05) is 18.9 Å². The molecular weight excluding hydrogens is 206 g/mol. The van der Waals surface area contributed by atoms with Crippen LogP contribution in [0.3, 0.4) is 0 Å². The van der Waals surface area contributed by atoms with Crippen LogP contribution in [0, 0.1) is 0 Å². The molecule has 0 spiro atoms. The first-order valence-corrected chi connectivity index (χ1v) is 6.06. The lowest BCUT2D eigenvalue weighted by molar-refractivity contribution is -0.121. The summed E-state index contributed by atoms with van der Waals surface area (Å²) in [6, 6.07) is 0. The number of aliphatic hydroxyl groups is 1. The standard InChI is InChI=1S/C12H23NO3/c1-3-4-11(14)9-13(2)10-12(15)5-7-16-8-6-12/h15H,3-10H2,1-2H3. The Morgan fingerprint density at radius 1 is 1.44 bits per heavy atom. The van der Waals surface area contributed by atoms with Crippen LogP contribution >= 0.6 is 0 Å². The van der Waals surface area contributed by atoms with Gasteiger partial charge in [0.05, 0.1) is 12.1 Å². The zero-order chi connectivity index (χ0) is 12.0. The van der Waals surface area contributed by atoms with Crippen molar-refractivity contribution in [3.8, 4) is 0 Å². The normalized spacial score (nSPS) is 20.0. The van der Waals surface area contributed by atoms with E-state index in [1.54, 1.807) is 0 Å². The summed E-state index contributed by atoms with van der Waals surface area (Å²) in [5, 5.41) is 10.3. The van der Waals surface area contributed by atoms with Gasteiger partial charge in [-0.1, -0.05) is 6.92 Å².